The van der Waals surface area contributed by atoms with E-state index in [2.05, 4.69) is 0 Å². The van der Waals surface area contributed by atoms with E-state index in [1.54, 1.807) is 18.2 Å². The van der Waals surface area contributed by atoms with Crippen LogP contribution in [0.5, 0.6) is 0 Å². The summed E-state index contributed by atoms with van der Waals surface area (Å²) in [5.41, 5.74) is 0.433. The van der Waals surface area contributed by atoms with E-state index in [4.69, 9.17) is 16.9 Å². The first kappa shape index (κ1) is 16.1. The number of thiocyanates is 1. The molecule has 1 amide bonds. The number of anilines is 1. The summed E-state index contributed by atoms with van der Waals surface area (Å²) in [7, 11) is -4.61. The highest BCUT2D eigenvalue weighted by Crippen LogP contribution is 2.34. The second kappa shape index (κ2) is 6.22. The van der Waals surface area contributed by atoms with Gasteiger partial charge in [0.25, 0.3) is 0 Å². The maximum Gasteiger partial charge on any atom is 0.302 e. The summed E-state index contributed by atoms with van der Waals surface area (Å²) < 4.78 is 34.0. The number of amides is 1. The second-order valence-electron chi connectivity index (χ2n) is 4.59. The summed E-state index contributed by atoms with van der Waals surface area (Å²) in [6, 6.07) is 4.78. The van der Waals surface area contributed by atoms with Gasteiger partial charge in [0.2, 0.25) is 5.91 Å². The summed E-state index contributed by atoms with van der Waals surface area (Å²) in [5.74, 6) is -1.56. The van der Waals surface area contributed by atoms with Crippen LogP contribution in [0.25, 0.3) is 0 Å². The van der Waals surface area contributed by atoms with Crippen LogP contribution < -0.4 is 4.90 Å². The molecule has 1 fully saturated rings. The average molecular weight is 349 g/mol. The molecule has 1 atom stereocenters. The van der Waals surface area contributed by atoms with Crippen LogP contribution in [-0.4, -0.2) is 26.6 Å². The molecule has 1 aromatic carbocycles. The largest absolute Gasteiger partial charge is 0.311 e. The van der Waals surface area contributed by atoms with Crippen LogP contribution in [-0.2, 0) is 15.0 Å². The quantitative estimate of drug-likeness (QED) is 0.474. The fraction of sp³-hybridized carbons (Fsp3) is 0.333. The van der Waals surface area contributed by atoms with Crippen LogP contribution in [0.2, 0.25) is 5.02 Å². The van der Waals surface area contributed by atoms with Crippen molar-refractivity contribution in [3.63, 3.8) is 0 Å². The Morgan fingerprint density at radius 1 is 1.52 bits per heavy atom. The molecule has 9 heteroatoms. The van der Waals surface area contributed by atoms with Crippen LogP contribution in [0.15, 0.2) is 23.1 Å². The second-order valence-corrected chi connectivity index (χ2v) is 7.26. The molecule has 0 N–H and O–H groups in total. The Hall–Kier alpha value is -1.30. The molecule has 1 heterocycles. The fourth-order valence-electron chi connectivity index (χ4n) is 2.23. The van der Waals surface area contributed by atoms with E-state index in [9.17, 15) is 17.1 Å². The molecular weight excluding hydrogens is 339 g/mol. The minimum atomic E-state index is -4.61. The van der Waals surface area contributed by atoms with Gasteiger partial charge in [-0.2, -0.15) is 13.7 Å². The van der Waals surface area contributed by atoms with Crippen LogP contribution in [0.4, 0.5) is 9.57 Å². The molecule has 1 aromatic rings. The third-order valence-corrected chi connectivity index (χ3v) is 4.77. The molecule has 5 nitrogen and oxygen atoms in total. The predicted octanol–water partition coefficient (Wildman–Crippen LogP) is 2.57. The molecule has 0 bridgehead atoms. The normalized spacial score (nSPS) is 18.8. The number of thioether (sulfide) groups is 1. The van der Waals surface area contributed by atoms with Crippen LogP contribution in [0.1, 0.15) is 6.42 Å². The van der Waals surface area contributed by atoms with Gasteiger partial charge in [-0.3, -0.25) is 4.79 Å². The summed E-state index contributed by atoms with van der Waals surface area (Å²) in [5, 5.41) is 10.8. The Morgan fingerprint density at radius 3 is 2.81 bits per heavy atom. The van der Waals surface area contributed by atoms with Crippen molar-refractivity contribution < 1.29 is 17.1 Å². The van der Waals surface area contributed by atoms with E-state index < -0.39 is 21.9 Å². The van der Waals surface area contributed by atoms with Gasteiger partial charge in [0.15, 0.2) is 0 Å². The zero-order chi connectivity index (χ0) is 15.6. The summed E-state index contributed by atoms with van der Waals surface area (Å²) in [6.07, 6.45) is -0.0336. The van der Waals surface area contributed by atoms with E-state index in [1.807, 2.05) is 5.40 Å². The number of benzene rings is 1. The van der Waals surface area contributed by atoms with Gasteiger partial charge in [-0.25, -0.2) is 0 Å². The van der Waals surface area contributed by atoms with Crippen molar-refractivity contribution in [3.05, 3.63) is 23.2 Å². The molecule has 2 rings (SSSR count). The average Bonchev–Trinajstić information content (AvgIpc) is 2.68. The molecule has 112 valence electrons. The van der Waals surface area contributed by atoms with E-state index in [0.29, 0.717) is 10.6 Å². The van der Waals surface area contributed by atoms with Crippen molar-refractivity contribution in [1.82, 2.24) is 0 Å². The number of nitriles is 1. The van der Waals surface area contributed by atoms with E-state index in [-0.39, 0.29) is 23.9 Å². The lowest BCUT2D eigenvalue weighted by Gasteiger charge is -2.18. The van der Waals surface area contributed by atoms with Gasteiger partial charge in [0.1, 0.15) is 5.40 Å². The van der Waals surface area contributed by atoms with E-state index in [1.165, 1.54) is 4.90 Å². The molecule has 0 radical (unpaired) electrons. The van der Waals surface area contributed by atoms with Crippen molar-refractivity contribution in [1.29, 1.82) is 5.26 Å². The highest BCUT2D eigenvalue weighted by atomic mass is 35.5. The van der Waals surface area contributed by atoms with Crippen LogP contribution >= 0.6 is 23.4 Å². The first-order valence-corrected chi connectivity index (χ1v) is 8.63. The highest BCUT2D eigenvalue weighted by molar-refractivity contribution is 8.03. The van der Waals surface area contributed by atoms with Gasteiger partial charge < -0.3 is 4.90 Å². The van der Waals surface area contributed by atoms with Crippen molar-refractivity contribution in [2.24, 2.45) is 5.92 Å². The third kappa shape index (κ3) is 4.09. The number of rotatable bonds is 4. The van der Waals surface area contributed by atoms with E-state index >= 15 is 0 Å². The van der Waals surface area contributed by atoms with E-state index in [0.717, 1.165) is 11.8 Å². The monoisotopic (exact) mass is 348 g/mol. The topological polar surface area (TPSA) is 78.2 Å². The van der Waals surface area contributed by atoms with Crippen LogP contribution in [0.3, 0.4) is 0 Å². The summed E-state index contributed by atoms with van der Waals surface area (Å²) in [4.78, 5) is 13.9. The maximum absolute atomic E-state index is 12.7. The number of hydrogen-bond acceptors (Lipinski definition) is 5. The van der Waals surface area contributed by atoms with Crippen molar-refractivity contribution >= 4 is 45.2 Å². The molecule has 1 aliphatic rings. The Balaban J connectivity index is 2.19. The van der Waals surface area contributed by atoms with Gasteiger partial charge in [-0.1, -0.05) is 11.6 Å². The van der Waals surface area contributed by atoms with Crippen LogP contribution in [0, 0.1) is 16.6 Å². The Bertz CT molecular complexity index is 718. The smallest absolute Gasteiger partial charge is 0.302 e. The minimum Gasteiger partial charge on any atom is -0.311 e. The van der Waals surface area contributed by atoms with Crippen molar-refractivity contribution in [2.75, 3.05) is 17.2 Å². The molecule has 1 aliphatic heterocycles. The highest BCUT2D eigenvalue weighted by Gasteiger charge is 2.34. The molecule has 0 aliphatic carbocycles. The zero-order valence-corrected chi connectivity index (χ0v) is 13.0. The molecule has 1 saturated heterocycles. The van der Waals surface area contributed by atoms with Gasteiger partial charge in [-0.15, -0.1) is 3.89 Å². The Kier molecular flexibility index (Phi) is 4.76. The minimum absolute atomic E-state index is 0.0336. The Labute approximate surface area is 130 Å². The molecular formula is C12H10ClFN2O3S2. The lowest BCUT2D eigenvalue weighted by atomic mass is 10.1. The number of hydrogen-bond donors (Lipinski definition) is 0. The lowest BCUT2D eigenvalue weighted by molar-refractivity contribution is -0.117. The van der Waals surface area contributed by atoms with Gasteiger partial charge in [0.05, 0.1) is 16.5 Å². The fourth-order valence-corrected chi connectivity index (χ4v) is 3.78. The summed E-state index contributed by atoms with van der Waals surface area (Å²) in [6.45, 7) is 0.104. The molecule has 1 unspecified atom stereocenters. The molecule has 0 saturated carbocycles. The SMILES string of the molecule is N#CSc1ccc(N2CC(CS(=O)(=O)F)CC2=O)c(Cl)c1. The van der Waals surface area contributed by atoms with Gasteiger partial charge in [0, 0.05) is 23.8 Å². The first-order valence-electron chi connectivity index (χ1n) is 5.88. The third-order valence-electron chi connectivity index (χ3n) is 3.01. The first-order chi connectivity index (χ1) is 9.80. The standard InChI is InChI=1S/C12H10ClFN2O3S2/c13-10-4-9(20-7-15)1-2-11(10)16-5-8(3-12(16)17)6-21(14,18)19/h1-2,4,8H,3,5-6H2. The van der Waals surface area contributed by atoms with Gasteiger partial charge in [-0.05, 0) is 30.0 Å². The number of halogens is 2. The van der Waals surface area contributed by atoms with Crippen molar-refractivity contribution in [3.8, 4) is 5.40 Å². The van der Waals surface area contributed by atoms with Gasteiger partial charge >= 0.3 is 10.2 Å². The number of carbonyl (C=O) groups excluding carboxylic acids is 1. The molecule has 0 aromatic heterocycles. The Morgan fingerprint density at radius 2 is 2.24 bits per heavy atom. The predicted molar refractivity (Wildman–Crippen MR) is 78.3 cm³/mol. The molecule has 0 spiro atoms. The maximum atomic E-state index is 12.7. The molecule has 21 heavy (non-hydrogen) atoms. The lowest BCUT2D eigenvalue weighted by Crippen LogP contribution is -2.25. The zero-order valence-electron chi connectivity index (χ0n) is 10.6. The number of carbonyl (C=O) groups is 1. The number of nitrogens with zero attached hydrogens (tertiary/aromatic N) is 2. The summed E-state index contributed by atoms with van der Waals surface area (Å²) >= 11 is 7.02. The van der Waals surface area contributed by atoms with Crippen molar-refractivity contribution in [2.45, 2.75) is 11.3 Å².